The van der Waals surface area contributed by atoms with Gasteiger partial charge in [0.15, 0.2) is 11.0 Å². The number of rotatable bonds is 7. The first-order chi connectivity index (χ1) is 15.6. The third kappa shape index (κ3) is 5.31. The fourth-order valence-corrected chi connectivity index (χ4v) is 3.96. The minimum absolute atomic E-state index is 0.0549. The summed E-state index contributed by atoms with van der Waals surface area (Å²) in [7, 11) is 0. The van der Waals surface area contributed by atoms with Crippen LogP contribution in [0.25, 0.3) is 17.1 Å². The second-order valence-electron chi connectivity index (χ2n) is 7.27. The van der Waals surface area contributed by atoms with Crippen molar-refractivity contribution in [3.63, 3.8) is 0 Å². The molecule has 32 heavy (non-hydrogen) atoms. The Hall–Kier alpha value is -3.71. The molecule has 160 valence electrons. The summed E-state index contributed by atoms with van der Waals surface area (Å²) in [5.41, 5.74) is 3.84. The van der Waals surface area contributed by atoms with Gasteiger partial charge in [-0.05, 0) is 24.6 Å². The van der Waals surface area contributed by atoms with Crippen molar-refractivity contribution in [2.45, 2.75) is 18.5 Å². The highest BCUT2D eigenvalue weighted by Gasteiger charge is 2.18. The minimum atomic E-state index is -0.365. The Kier molecular flexibility index (Phi) is 6.77. The predicted molar refractivity (Wildman–Crippen MR) is 126 cm³/mol. The Morgan fingerprint density at radius 2 is 1.50 bits per heavy atom. The van der Waals surface area contributed by atoms with Crippen LogP contribution in [0, 0.1) is 6.92 Å². The molecule has 0 aliphatic rings. The van der Waals surface area contributed by atoms with Crippen molar-refractivity contribution in [3.05, 3.63) is 96.1 Å². The van der Waals surface area contributed by atoms with E-state index in [1.54, 1.807) is 0 Å². The van der Waals surface area contributed by atoms with Crippen LogP contribution in [0.2, 0.25) is 0 Å². The SMILES string of the molecule is Cc1ccc(-n2c(SCC(=O)NC(=O)Cc3ccccc3)nnc2-c2ccccc2)cc1. The topological polar surface area (TPSA) is 76.9 Å². The molecule has 6 nitrogen and oxygen atoms in total. The summed E-state index contributed by atoms with van der Waals surface area (Å²) < 4.78 is 1.93. The number of aryl methyl sites for hydroxylation is 1. The van der Waals surface area contributed by atoms with E-state index in [0.717, 1.165) is 22.4 Å². The van der Waals surface area contributed by atoms with Gasteiger partial charge in [0.1, 0.15) is 0 Å². The van der Waals surface area contributed by atoms with Gasteiger partial charge in [0, 0.05) is 11.3 Å². The maximum atomic E-state index is 12.4. The van der Waals surface area contributed by atoms with Gasteiger partial charge in [-0.15, -0.1) is 10.2 Å². The van der Waals surface area contributed by atoms with Gasteiger partial charge in [-0.25, -0.2) is 0 Å². The number of nitrogens with zero attached hydrogens (tertiary/aromatic N) is 3. The van der Waals surface area contributed by atoms with Gasteiger partial charge in [-0.2, -0.15) is 0 Å². The Labute approximate surface area is 190 Å². The molecular weight excluding hydrogens is 420 g/mol. The molecule has 0 saturated heterocycles. The molecule has 4 rings (SSSR count). The molecule has 0 aliphatic carbocycles. The second kappa shape index (κ2) is 10.1. The summed E-state index contributed by atoms with van der Waals surface area (Å²) in [4.78, 5) is 24.5. The van der Waals surface area contributed by atoms with Crippen molar-refractivity contribution in [2.24, 2.45) is 0 Å². The number of nitrogens with one attached hydrogen (secondary N) is 1. The maximum Gasteiger partial charge on any atom is 0.237 e. The highest BCUT2D eigenvalue weighted by molar-refractivity contribution is 7.99. The lowest BCUT2D eigenvalue weighted by atomic mass is 10.1. The Balaban J connectivity index is 1.49. The lowest BCUT2D eigenvalue weighted by Crippen LogP contribution is -2.33. The number of amides is 2. The van der Waals surface area contributed by atoms with Crippen LogP contribution >= 0.6 is 11.8 Å². The molecule has 2 amide bonds. The number of benzene rings is 3. The first-order valence-corrected chi connectivity index (χ1v) is 11.2. The largest absolute Gasteiger partial charge is 0.295 e. The zero-order valence-electron chi connectivity index (χ0n) is 17.6. The zero-order chi connectivity index (χ0) is 22.3. The van der Waals surface area contributed by atoms with Gasteiger partial charge in [0.2, 0.25) is 11.8 Å². The summed E-state index contributed by atoms with van der Waals surface area (Å²) in [6.45, 7) is 2.03. The van der Waals surface area contributed by atoms with E-state index in [1.165, 1.54) is 11.8 Å². The number of thioether (sulfide) groups is 1. The fourth-order valence-electron chi connectivity index (χ4n) is 3.21. The van der Waals surface area contributed by atoms with Crippen LogP contribution in [0.1, 0.15) is 11.1 Å². The quantitative estimate of drug-likeness (QED) is 0.434. The number of imide groups is 1. The van der Waals surface area contributed by atoms with Crippen LogP contribution in [0.3, 0.4) is 0 Å². The van der Waals surface area contributed by atoms with Gasteiger partial charge in [-0.1, -0.05) is 90.1 Å². The molecular formula is C25H22N4O2S. The predicted octanol–water partition coefficient (Wildman–Crippen LogP) is 4.22. The molecule has 1 aromatic heterocycles. The molecule has 7 heteroatoms. The van der Waals surface area contributed by atoms with Crippen molar-refractivity contribution >= 4 is 23.6 Å². The van der Waals surface area contributed by atoms with E-state index in [0.29, 0.717) is 11.0 Å². The summed E-state index contributed by atoms with van der Waals surface area (Å²) >= 11 is 1.24. The van der Waals surface area contributed by atoms with E-state index < -0.39 is 0 Å². The normalized spacial score (nSPS) is 10.7. The molecule has 0 saturated carbocycles. The van der Waals surface area contributed by atoms with Crippen LogP contribution in [-0.2, 0) is 16.0 Å². The monoisotopic (exact) mass is 442 g/mol. The lowest BCUT2D eigenvalue weighted by molar-refractivity contribution is -0.128. The van der Waals surface area contributed by atoms with Crippen LogP contribution in [0.5, 0.6) is 0 Å². The van der Waals surface area contributed by atoms with Crippen molar-refractivity contribution in [1.82, 2.24) is 20.1 Å². The molecule has 0 fully saturated rings. The third-order valence-corrected chi connectivity index (χ3v) is 5.71. The zero-order valence-corrected chi connectivity index (χ0v) is 18.4. The Bertz CT molecular complexity index is 1210. The lowest BCUT2D eigenvalue weighted by Gasteiger charge is -2.11. The van der Waals surface area contributed by atoms with Crippen molar-refractivity contribution in [3.8, 4) is 17.1 Å². The molecule has 0 spiro atoms. The number of carbonyl (C=O) groups is 2. The average Bonchev–Trinajstić information content (AvgIpc) is 3.23. The molecule has 0 aliphatic heterocycles. The molecule has 0 unspecified atom stereocenters. The molecule has 1 heterocycles. The van der Waals surface area contributed by atoms with Crippen LogP contribution in [-0.4, -0.2) is 32.3 Å². The van der Waals surface area contributed by atoms with Gasteiger partial charge in [0.25, 0.3) is 0 Å². The number of hydrogen-bond donors (Lipinski definition) is 1. The van der Waals surface area contributed by atoms with Crippen molar-refractivity contribution in [2.75, 3.05) is 5.75 Å². The van der Waals surface area contributed by atoms with Gasteiger partial charge in [-0.3, -0.25) is 19.5 Å². The molecule has 0 bridgehead atoms. The smallest absolute Gasteiger partial charge is 0.237 e. The average molecular weight is 443 g/mol. The molecule has 0 radical (unpaired) electrons. The van der Waals surface area contributed by atoms with E-state index in [4.69, 9.17) is 0 Å². The Morgan fingerprint density at radius 3 is 2.19 bits per heavy atom. The second-order valence-corrected chi connectivity index (χ2v) is 8.21. The standard InChI is InChI=1S/C25H22N4O2S/c1-18-12-14-21(15-13-18)29-24(20-10-6-3-7-11-20)27-28-25(29)32-17-23(31)26-22(30)16-19-8-4-2-5-9-19/h2-15H,16-17H2,1H3,(H,26,30,31). The molecule has 3 aromatic carbocycles. The Morgan fingerprint density at radius 1 is 0.844 bits per heavy atom. The van der Waals surface area contributed by atoms with Crippen LogP contribution in [0.15, 0.2) is 90.1 Å². The third-order valence-electron chi connectivity index (χ3n) is 4.78. The molecule has 4 aromatic rings. The molecule has 1 N–H and O–H groups in total. The highest BCUT2D eigenvalue weighted by atomic mass is 32.2. The summed E-state index contributed by atoms with van der Waals surface area (Å²) in [5, 5.41) is 11.7. The van der Waals surface area contributed by atoms with Crippen LogP contribution < -0.4 is 5.32 Å². The van der Waals surface area contributed by atoms with E-state index in [-0.39, 0.29) is 24.0 Å². The number of hydrogen-bond acceptors (Lipinski definition) is 5. The van der Waals surface area contributed by atoms with Gasteiger partial charge >= 0.3 is 0 Å². The highest BCUT2D eigenvalue weighted by Crippen LogP contribution is 2.28. The van der Waals surface area contributed by atoms with E-state index in [2.05, 4.69) is 15.5 Å². The number of carbonyl (C=O) groups excluding carboxylic acids is 2. The van der Waals surface area contributed by atoms with Gasteiger partial charge in [0.05, 0.1) is 12.2 Å². The number of aromatic nitrogens is 3. The van der Waals surface area contributed by atoms with E-state index in [9.17, 15) is 9.59 Å². The molecule has 0 atom stereocenters. The van der Waals surface area contributed by atoms with Crippen LogP contribution in [0.4, 0.5) is 0 Å². The van der Waals surface area contributed by atoms with E-state index >= 15 is 0 Å². The maximum absolute atomic E-state index is 12.4. The van der Waals surface area contributed by atoms with Crippen molar-refractivity contribution < 1.29 is 9.59 Å². The van der Waals surface area contributed by atoms with Gasteiger partial charge < -0.3 is 0 Å². The summed E-state index contributed by atoms with van der Waals surface area (Å²) in [6, 6.07) is 27.1. The minimum Gasteiger partial charge on any atom is -0.295 e. The van der Waals surface area contributed by atoms with Crippen molar-refractivity contribution in [1.29, 1.82) is 0 Å². The first-order valence-electron chi connectivity index (χ1n) is 10.2. The summed E-state index contributed by atoms with van der Waals surface area (Å²) in [6.07, 6.45) is 0.162. The fraction of sp³-hybridized carbons (Fsp3) is 0.120. The van der Waals surface area contributed by atoms with E-state index in [1.807, 2.05) is 96.4 Å². The first kappa shape index (κ1) is 21.5. The summed E-state index contributed by atoms with van der Waals surface area (Å²) in [5.74, 6) is 0.0548.